The lowest BCUT2D eigenvalue weighted by Crippen LogP contribution is -2.30. The number of halogens is 1. The van der Waals surface area contributed by atoms with E-state index in [0.717, 1.165) is 58.6 Å². The van der Waals surface area contributed by atoms with Gasteiger partial charge in [-0.1, -0.05) is 99.4 Å². The molecule has 0 bridgehead atoms. The van der Waals surface area contributed by atoms with Crippen molar-refractivity contribution in [2.75, 3.05) is 0 Å². The summed E-state index contributed by atoms with van der Waals surface area (Å²) in [4.78, 5) is 35.2. The second-order valence-corrected chi connectivity index (χ2v) is 12.0. The number of hydrogen-bond acceptors (Lipinski definition) is 6. The highest BCUT2D eigenvalue weighted by molar-refractivity contribution is 6.04. The second-order valence-electron chi connectivity index (χ2n) is 12.0. The number of hydrogen-bond donors (Lipinski definition) is 0. The normalized spacial score (nSPS) is 12.9. The molecule has 1 aliphatic carbocycles. The third-order valence-electron chi connectivity index (χ3n) is 7.91. The van der Waals surface area contributed by atoms with Crippen LogP contribution in [0.1, 0.15) is 100.0 Å². The van der Waals surface area contributed by atoms with Gasteiger partial charge in [0.15, 0.2) is 5.82 Å². The quantitative estimate of drug-likeness (QED) is 0.0885. The Hall–Kier alpha value is -4.92. The third kappa shape index (κ3) is 7.91. The zero-order chi connectivity index (χ0) is 33.5. The van der Waals surface area contributed by atoms with Gasteiger partial charge in [-0.2, -0.15) is 4.98 Å². The van der Waals surface area contributed by atoms with Gasteiger partial charge in [0.2, 0.25) is 5.78 Å². The number of oxime groups is 1. The van der Waals surface area contributed by atoms with E-state index in [4.69, 9.17) is 14.9 Å². The number of aryl methyl sites for hydroxylation is 1. The fourth-order valence-electron chi connectivity index (χ4n) is 5.52. The Bertz CT molecular complexity index is 1940. The molecule has 3 aromatic carbocycles. The van der Waals surface area contributed by atoms with Crippen LogP contribution >= 0.6 is 0 Å². The monoisotopic (exact) mass is 635 g/mol. The molecule has 244 valence electrons. The molecule has 1 fully saturated rings. The van der Waals surface area contributed by atoms with Gasteiger partial charge in [-0.15, -0.1) is 5.10 Å². The van der Waals surface area contributed by atoms with Gasteiger partial charge in [-0.25, -0.2) is 13.7 Å². The maximum atomic E-state index is 14.2. The smallest absolute Gasteiger partial charge is 0.318 e. The molecule has 8 nitrogen and oxygen atoms in total. The Morgan fingerprint density at radius 1 is 0.957 bits per heavy atom. The van der Waals surface area contributed by atoms with Crippen LogP contribution in [0, 0.1) is 5.82 Å². The van der Waals surface area contributed by atoms with Crippen LogP contribution in [0.15, 0.2) is 82.7 Å². The Balaban J connectivity index is 0.00000139. The molecule has 2 aromatic heterocycles. The van der Waals surface area contributed by atoms with E-state index in [1.165, 1.54) is 25.5 Å². The fraction of sp³-hybridized carbons (Fsp3) is 0.342. The van der Waals surface area contributed by atoms with E-state index >= 15 is 0 Å². The first-order valence-corrected chi connectivity index (χ1v) is 16.4. The summed E-state index contributed by atoms with van der Waals surface area (Å²) in [6.45, 7) is 9.74. The predicted octanol–water partition coefficient (Wildman–Crippen LogP) is 7.87. The summed E-state index contributed by atoms with van der Waals surface area (Å²) in [6, 6.07) is 22.2. The SMILES string of the molecule is CCC.CCCc1c(Cc2ccc(-c3ccccc3/C(C)=N/OC(C)=O)cc2)c(=O)n(Cc2ccc(F)cc2)c2nc(C3CC3)nn12. The highest BCUT2D eigenvalue weighted by Gasteiger charge is 2.30. The molecule has 2 heterocycles. The number of fused-ring (bicyclic) bond motifs is 1. The molecule has 47 heavy (non-hydrogen) atoms. The molecule has 1 aliphatic rings. The lowest BCUT2D eigenvalue weighted by Gasteiger charge is -2.16. The van der Waals surface area contributed by atoms with Crippen LogP contribution in [0.25, 0.3) is 16.9 Å². The van der Waals surface area contributed by atoms with Crippen molar-refractivity contribution in [2.45, 2.75) is 85.6 Å². The summed E-state index contributed by atoms with van der Waals surface area (Å²) in [5.41, 5.74) is 6.66. The second kappa shape index (κ2) is 15.1. The maximum absolute atomic E-state index is 14.2. The minimum absolute atomic E-state index is 0.105. The van der Waals surface area contributed by atoms with Crippen LogP contribution in [0.2, 0.25) is 0 Å². The standard InChI is InChI=1S/C35H34FN5O3.C3H8/c1-4-7-32-31(20-24-10-14-26(15-11-24)30-9-6-5-8-29(30)22(2)39-44-23(3)42)34(43)40(21-25-12-18-28(36)19-13-25)35-37-33(27-16-17-27)38-41(32)35;1-3-2/h5-6,8-15,18-19,27H,4,7,16-17,20-21H2,1-3H3;3H2,1-2H3/b39-22+;. The molecular weight excluding hydrogens is 593 g/mol. The van der Waals surface area contributed by atoms with Crippen molar-refractivity contribution in [1.29, 1.82) is 0 Å². The average Bonchev–Trinajstić information content (AvgIpc) is 3.83. The lowest BCUT2D eigenvalue weighted by atomic mass is 9.95. The van der Waals surface area contributed by atoms with E-state index in [2.05, 4.69) is 25.9 Å². The molecule has 0 atom stereocenters. The summed E-state index contributed by atoms with van der Waals surface area (Å²) >= 11 is 0. The number of rotatable bonds is 10. The van der Waals surface area contributed by atoms with E-state index in [9.17, 15) is 14.0 Å². The van der Waals surface area contributed by atoms with Crippen molar-refractivity contribution >= 4 is 17.5 Å². The molecule has 5 aromatic rings. The molecule has 1 saturated carbocycles. The molecular formula is C38H42FN5O3. The van der Waals surface area contributed by atoms with E-state index in [1.54, 1.807) is 23.6 Å². The summed E-state index contributed by atoms with van der Waals surface area (Å²) in [7, 11) is 0. The molecule has 0 N–H and O–H groups in total. The summed E-state index contributed by atoms with van der Waals surface area (Å²) in [6.07, 6.45) is 5.34. The Labute approximate surface area is 274 Å². The Kier molecular flexibility index (Phi) is 10.8. The molecule has 0 unspecified atom stereocenters. The number of carbonyl (C=O) groups excluding carboxylic acids is 1. The molecule has 0 amide bonds. The van der Waals surface area contributed by atoms with Gasteiger partial charge in [0.05, 0.1) is 18.0 Å². The zero-order valence-corrected chi connectivity index (χ0v) is 27.8. The minimum atomic E-state index is -0.474. The highest BCUT2D eigenvalue weighted by Crippen LogP contribution is 2.38. The van der Waals surface area contributed by atoms with Crippen molar-refractivity contribution in [2.24, 2.45) is 5.16 Å². The van der Waals surface area contributed by atoms with Gasteiger partial charge in [0, 0.05) is 30.4 Å². The number of aromatic nitrogens is 4. The van der Waals surface area contributed by atoms with Crippen LogP contribution in [-0.4, -0.2) is 30.8 Å². The van der Waals surface area contributed by atoms with Crippen LogP contribution in [0.3, 0.4) is 0 Å². The van der Waals surface area contributed by atoms with Crippen molar-refractivity contribution in [3.8, 4) is 11.1 Å². The van der Waals surface area contributed by atoms with Crippen molar-refractivity contribution in [3.05, 3.63) is 123 Å². The van der Waals surface area contributed by atoms with Crippen molar-refractivity contribution in [3.63, 3.8) is 0 Å². The summed E-state index contributed by atoms with van der Waals surface area (Å²) < 4.78 is 17.2. The Morgan fingerprint density at radius 2 is 1.62 bits per heavy atom. The summed E-state index contributed by atoms with van der Waals surface area (Å²) in [5, 5.41) is 8.87. The molecule has 0 radical (unpaired) electrons. The molecule has 0 saturated heterocycles. The lowest BCUT2D eigenvalue weighted by molar-refractivity contribution is -0.140. The number of benzene rings is 3. The van der Waals surface area contributed by atoms with Crippen LogP contribution in [0.5, 0.6) is 0 Å². The Morgan fingerprint density at radius 3 is 2.26 bits per heavy atom. The van der Waals surface area contributed by atoms with Crippen LogP contribution < -0.4 is 5.56 Å². The third-order valence-corrected chi connectivity index (χ3v) is 7.91. The van der Waals surface area contributed by atoms with E-state index in [1.807, 2.05) is 53.0 Å². The molecule has 9 heteroatoms. The first kappa shape index (κ1) is 33.4. The van der Waals surface area contributed by atoms with Crippen LogP contribution in [0.4, 0.5) is 4.39 Å². The number of nitrogens with zero attached hydrogens (tertiary/aromatic N) is 5. The van der Waals surface area contributed by atoms with Gasteiger partial charge in [-0.3, -0.25) is 9.36 Å². The van der Waals surface area contributed by atoms with Gasteiger partial charge in [-0.05, 0) is 60.6 Å². The molecule has 0 spiro atoms. The van der Waals surface area contributed by atoms with Gasteiger partial charge in [0.25, 0.3) is 5.56 Å². The average molecular weight is 636 g/mol. The van der Waals surface area contributed by atoms with Gasteiger partial charge < -0.3 is 4.84 Å². The highest BCUT2D eigenvalue weighted by atomic mass is 19.1. The van der Waals surface area contributed by atoms with Gasteiger partial charge in [0.1, 0.15) is 5.82 Å². The first-order chi connectivity index (χ1) is 22.7. The summed E-state index contributed by atoms with van der Waals surface area (Å²) in [5.74, 6) is 0.855. The zero-order valence-electron chi connectivity index (χ0n) is 27.8. The van der Waals surface area contributed by atoms with Crippen molar-refractivity contribution < 1.29 is 14.0 Å². The van der Waals surface area contributed by atoms with Gasteiger partial charge >= 0.3 is 5.97 Å². The first-order valence-electron chi connectivity index (χ1n) is 16.4. The largest absolute Gasteiger partial charge is 0.331 e. The topological polar surface area (TPSA) is 90.8 Å². The van der Waals surface area contributed by atoms with Crippen molar-refractivity contribution in [1.82, 2.24) is 19.2 Å². The molecule has 6 rings (SSSR count). The van der Waals surface area contributed by atoms with E-state index in [0.29, 0.717) is 35.8 Å². The predicted molar refractivity (Wildman–Crippen MR) is 183 cm³/mol. The molecule has 0 aliphatic heterocycles. The maximum Gasteiger partial charge on any atom is 0.331 e. The minimum Gasteiger partial charge on any atom is -0.318 e. The van der Waals surface area contributed by atoms with Crippen LogP contribution in [-0.2, 0) is 29.0 Å². The number of carbonyl (C=O) groups is 1. The van der Waals surface area contributed by atoms with E-state index < -0.39 is 5.97 Å². The van der Waals surface area contributed by atoms with E-state index in [-0.39, 0.29) is 17.9 Å². The fourth-order valence-corrected chi connectivity index (χ4v) is 5.52.